The van der Waals surface area contributed by atoms with Gasteiger partial charge in [-0.25, -0.2) is 0 Å². The standard InChI is InChI=1S/C12H12ClNO4/c1-7(15)14-9-5-12-11(17-2-3-18-12)4-8(9)10(16)6-13/h4-5H,2-3,6H2,1H3,(H,14,15). The lowest BCUT2D eigenvalue weighted by Gasteiger charge is -2.20. The average Bonchev–Trinajstić information content (AvgIpc) is 2.36. The van der Waals surface area contributed by atoms with Crippen molar-refractivity contribution in [1.29, 1.82) is 0 Å². The zero-order chi connectivity index (χ0) is 13.1. The molecule has 0 unspecified atom stereocenters. The lowest BCUT2D eigenvalue weighted by atomic mass is 10.1. The van der Waals surface area contributed by atoms with Crippen LogP contribution in [0.2, 0.25) is 0 Å². The number of carbonyl (C=O) groups excluding carboxylic acids is 2. The van der Waals surface area contributed by atoms with Crippen LogP contribution in [0.25, 0.3) is 0 Å². The van der Waals surface area contributed by atoms with Crippen LogP contribution in [0.15, 0.2) is 12.1 Å². The number of hydrogen-bond acceptors (Lipinski definition) is 4. The van der Waals surface area contributed by atoms with Crippen molar-refractivity contribution >= 4 is 29.0 Å². The Morgan fingerprint density at radius 2 is 1.89 bits per heavy atom. The van der Waals surface area contributed by atoms with Crippen molar-refractivity contribution in [1.82, 2.24) is 0 Å². The van der Waals surface area contributed by atoms with Crippen LogP contribution in [0.3, 0.4) is 0 Å². The minimum atomic E-state index is -0.280. The Labute approximate surface area is 109 Å². The quantitative estimate of drug-likeness (QED) is 0.672. The molecule has 0 atom stereocenters. The fourth-order valence-corrected chi connectivity index (χ4v) is 1.83. The van der Waals surface area contributed by atoms with Crippen molar-refractivity contribution in [2.45, 2.75) is 6.92 Å². The summed E-state index contributed by atoms with van der Waals surface area (Å²) in [7, 11) is 0. The fourth-order valence-electron chi connectivity index (χ4n) is 1.68. The van der Waals surface area contributed by atoms with Gasteiger partial charge in [0.05, 0.1) is 11.6 Å². The number of ether oxygens (including phenoxy) is 2. The molecule has 1 aliphatic heterocycles. The minimum absolute atomic E-state index is 0.160. The van der Waals surface area contributed by atoms with Gasteiger partial charge in [-0.1, -0.05) is 0 Å². The Balaban J connectivity index is 2.47. The van der Waals surface area contributed by atoms with Gasteiger partial charge in [-0.05, 0) is 6.07 Å². The number of anilines is 1. The van der Waals surface area contributed by atoms with E-state index in [1.807, 2.05) is 0 Å². The molecule has 0 bridgehead atoms. The lowest BCUT2D eigenvalue weighted by Crippen LogP contribution is -2.18. The zero-order valence-corrected chi connectivity index (χ0v) is 10.5. The van der Waals surface area contributed by atoms with E-state index in [-0.39, 0.29) is 17.6 Å². The van der Waals surface area contributed by atoms with Crippen LogP contribution in [-0.4, -0.2) is 30.8 Å². The second kappa shape index (κ2) is 5.27. The normalized spacial score (nSPS) is 13.0. The van der Waals surface area contributed by atoms with Crippen molar-refractivity contribution in [2.75, 3.05) is 24.4 Å². The molecule has 0 saturated carbocycles. The van der Waals surface area contributed by atoms with Crippen LogP contribution in [-0.2, 0) is 4.79 Å². The molecule has 6 heteroatoms. The molecular weight excluding hydrogens is 258 g/mol. The molecule has 0 fully saturated rings. The zero-order valence-electron chi connectivity index (χ0n) is 9.79. The molecule has 1 aromatic rings. The van der Waals surface area contributed by atoms with Gasteiger partial charge < -0.3 is 14.8 Å². The van der Waals surface area contributed by atoms with Crippen LogP contribution in [0.1, 0.15) is 17.3 Å². The first-order chi connectivity index (χ1) is 8.61. The van der Waals surface area contributed by atoms with Gasteiger partial charge in [0.15, 0.2) is 17.3 Å². The van der Waals surface area contributed by atoms with E-state index in [4.69, 9.17) is 21.1 Å². The summed E-state index contributed by atoms with van der Waals surface area (Å²) in [6, 6.07) is 3.13. The van der Waals surface area contributed by atoms with E-state index in [1.165, 1.54) is 6.92 Å². The Kier molecular flexibility index (Phi) is 3.72. The molecule has 0 aromatic heterocycles. The molecule has 1 heterocycles. The Morgan fingerprint density at radius 3 is 2.44 bits per heavy atom. The van der Waals surface area contributed by atoms with E-state index in [1.54, 1.807) is 12.1 Å². The second-order valence-corrected chi connectivity index (χ2v) is 4.05. The predicted octanol–water partition coefficient (Wildman–Crippen LogP) is 1.84. The molecule has 5 nitrogen and oxygen atoms in total. The van der Waals surface area contributed by atoms with E-state index in [9.17, 15) is 9.59 Å². The Morgan fingerprint density at radius 1 is 1.28 bits per heavy atom. The molecule has 1 aliphatic rings. The largest absolute Gasteiger partial charge is 0.486 e. The molecule has 0 saturated heterocycles. The smallest absolute Gasteiger partial charge is 0.221 e. The fraction of sp³-hybridized carbons (Fsp3) is 0.333. The highest BCUT2D eigenvalue weighted by Crippen LogP contribution is 2.35. The van der Waals surface area contributed by atoms with E-state index in [2.05, 4.69) is 5.32 Å². The summed E-state index contributed by atoms with van der Waals surface area (Å²) in [5.74, 6) is 0.291. The maximum absolute atomic E-state index is 11.7. The monoisotopic (exact) mass is 269 g/mol. The van der Waals surface area contributed by atoms with Crippen LogP contribution < -0.4 is 14.8 Å². The van der Waals surface area contributed by atoms with Crippen LogP contribution >= 0.6 is 11.6 Å². The number of halogens is 1. The molecule has 2 rings (SSSR count). The van der Waals surface area contributed by atoms with E-state index >= 15 is 0 Å². The van der Waals surface area contributed by atoms with Gasteiger partial charge in [0.1, 0.15) is 13.2 Å². The van der Waals surface area contributed by atoms with Crippen molar-refractivity contribution in [3.63, 3.8) is 0 Å². The number of fused-ring (bicyclic) bond motifs is 1. The topological polar surface area (TPSA) is 64.6 Å². The first kappa shape index (κ1) is 12.7. The summed E-state index contributed by atoms with van der Waals surface area (Å²) in [5.41, 5.74) is 0.710. The van der Waals surface area contributed by atoms with Gasteiger partial charge in [-0.2, -0.15) is 0 Å². The minimum Gasteiger partial charge on any atom is -0.486 e. The van der Waals surface area contributed by atoms with Gasteiger partial charge in [0, 0.05) is 18.6 Å². The summed E-state index contributed by atoms with van der Waals surface area (Å²) in [5, 5.41) is 2.58. The summed E-state index contributed by atoms with van der Waals surface area (Å²) in [6.45, 7) is 2.24. The Hall–Kier alpha value is -1.75. The number of amides is 1. The average molecular weight is 270 g/mol. The molecule has 1 amide bonds. The molecular formula is C12H12ClNO4. The summed E-state index contributed by atoms with van der Waals surface area (Å²) in [6.07, 6.45) is 0. The van der Waals surface area contributed by atoms with Crippen molar-refractivity contribution in [3.8, 4) is 11.5 Å². The second-order valence-electron chi connectivity index (χ2n) is 3.78. The first-order valence-electron chi connectivity index (χ1n) is 5.42. The maximum atomic E-state index is 11.7. The van der Waals surface area contributed by atoms with E-state index < -0.39 is 0 Å². The summed E-state index contributed by atoms with van der Waals surface area (Å²) < 4.78 is 10.8. The van der Waals surface area contributed by atoms with Crippen molar-refractivity contribution in [2.24, 2.45) is 0 Å². The molecule has 18 heavy (non-hydrogen) atoms. The lowest BCUT2D eigenvalue weighted by molar-refractivity contribution is -0.114. The Bertz CT molecular complexity index is 501. The van der Waals surface area contributed by atoms with Gasteiger partial charge in [-0.3, -0.25) is 9.59 Å². The highest BCUT2D eigenvalue weighted by atomic mass is 35.5. The van der Waals surface area contributed by atoms with Gasteiger partial charge in [-0.15, -0.1) is 11.6 Å². The first-order valence-corrected chi connectivity index (χ1v) is 5.95. The summed E-state index contributed by atoms with van der Waals surface area (Å²) >= 11 is 5.54. The third-order valence-corrected chi connectivity index (χ3v) is 2.66. The number of hydrogen-bond donors (Lipinski definition) is 1. The third-order valence-electron chi connectivity index (χ3n) is 2.41. The SMILES string of the molecule is CC(=O)Nc1cc2c(cc1C(=O)CCl)OCCO2. The van der Waals surface area contributed by atoms with Gasteiger partial charge in [0.2, 0.25) is 5.91 Å². The van der Waals surface area contributed by atoms with Crippen molar-refractivity contribution in [3.05, 3.63) is 17.7 Å². The van der Waals surface area contributed by atoms with Crippen LogP contribution in [0.4, 0.5) is 5.69 Å². The summed E-state index contributed by atoms with van der Waals surface area (Å²) in [4.78, 5) is 22.8. The molecule has 0 spiro atoms. The van der Waals surface area contributed by atoms with Gasteiger partial charge in [0.25, 0.3) is 0 Å². The van der Waals surface area contributed by atoms with E-state index in [0.717, 1.165) is 0 Å². The molecule has 0 aliphatic carbocycles. The maximum Gasteiger partial charge on any atom is 0.221 e. The number of rotatable bonds is 3. The highest BCUT2D eigenvalue weighted by molar-refractivity contribution is 6.31. The highest BCUT2D eigenvalue weighted by Gasteiger charge is 2.19. The molecule has 1 aromatic carbocycles. The number of Topliss-reactive ketones (excluding diaryl/α,β-unsaturated/α-hetero) is 1. The van der Waals surface area contributed by atoms with Crippen LogP contribution in [0, 0.1) is 0 Å². The third kappa shape index (κ3) is 2.56. The number of benzene rings is 1. The molecule has 0 radical (unpaired) electrons. The van der Waals surface area contributed by atoms with Crippen LogP contribution in [0.5, 0.6) is 11.5 Å². The molecule has 1 N–H and O–H groups in total. The van der Waals surface area contributed by atoms with Crippen molar-refractivity contribution < 1.29 is 19.1 Å². The van der Waals surface area contributed by atoms with E-state index in [0.29, 0.717) is 36.0 Å². The number of nitrogens with one attached hydrogen (secondary N) is 1. The molecule has 96 valence electrons. The number of ketones is 1. The van der Waals surface area contributed by atoms with Gasteiger partial charge >= 0.3 is 0 Å². The number of carbonyl (C=O) groups is 2. The predicted molar refractivity (Wildman–Crippen MR) is 66.8 cm³/mol. The number of alkyl halides is 1.